The predicted octanol–water partition coefficient (Wildman–Crippen LogP) is -3.76. The monoisotopic (exact) mass is 724 g/mol. The Labute approximate surface area is 157 Å². The van der Waals surface area contributed by atoms with Crippen LogP contribution in [0.4, 0.5) is 0 Å². The SMILES string of the molecule is P.[BiH3].[Ce].[GeH4].[InH3].[Nd]. The van der Waals surface area contributed by atoms with Crippen LogP contribution in [-0.2, 0) is 0 Å². The van der Waals surface area contributed by atoms with E-state index in [1.165, 1.54) is 0 Å². The van der Waals surface area contributed by atoms with E-state index in [4.69, 9.17) is 0 Å². The van der Waals surface area contributed by atoms with Gasteiger partial charge < -0.3 is 0 Å². The molecule has 0 heterocycles. The zero-order valence-electron chi connectivity index (χ0n) is 2.41. The van der Waals surface area contributed by atoms with Crippen molar-refractivity contribution in [2.24, 2.45) is 0 Å². The second-order valence-electron chi connectivity index (χ2n) is 0. The molecule has 0 aliphatic carbocycles. The molecule has 0 aromatic rings. The van der Waals surface area contributed by atoms with Gasteiger partial charge in [-0.25, -0.2) is 0 Å². The molecule has 0 fully saturated rings. The van der Waals surface area contributed by atoms with Gasteiger partial charge in [0.25, 0.3) is 0 Å². The number of rotatable bonds is 0. The quantitative estimate of drug-likeness (QED) is 0.178. The topological polar surface area (TPSA) is 0 Å². The second-order valence-corrected chi connectivity index (χ2v) is 0. The maximum Gasteiger partial charge on any atom is 0 e. The molecule has 0 aliphatic heterocycles. The first-order valence-electron chi connectivity index (χ1n) is 0. The Hall–Kier alpha value is 5.45. The Morgan fingerprint density at radius 3 is 1.00 bits per heavy atom. The van der Waals surface area contributed by atoms with E-state index in [-0.39, 0.29) is 162 Å². The summed E-state index contributed by atoms with van der Waals surface area (Å²) in [6.45, 7) is 0. The molecule has 0 radical (unpaired) electrons. The van der Waals surface area contributed by atoms with Gasteiger partial charge in [0.1, 0.15) is 0 Å². The van der Waals surface area contributed by atoms with Gasteiger partial charge in [0.15, 0.2) is 0 Å². The van der Waals surface area contributed by atoms with Gasteiger partial charge in [-0.15, -0.1) is 0 Å². The number of hydrogen-bond donors (Lipinski definition) is 0. The van der Waals surface area contributed by atoms with Crippen molar-refractivity contribution in [1.29, 1.82) is 0 Å². The van der Waals surface area contributed by atoms with E-state index in [2.05, 4.69) is 0 Å². The van der Waals surface area contributed by atoms with Crippen LogP contribution in [0.1, 0.15) is 0 Å². The normalized spacial score (nSPS) is 0. The van der Waals surface area contributed by atoms with E-state index in [9.17, 15) is 0 Å². The Bertz CT molecular complexity index is 15.5. The zero-order valence-corrected chi connectivity index (χ0v) is 15.7. The summed E-state index contributed by atoms with van der Waals surface area (Å²) in [6, 6.07) is 0. The van der Waals surface area contributed by atoms with Crippen molar-refractivity contribution < 1.29 is 82.6 Å². The van der Waals surface area contributed by atoms with Crippen LogP contribution in [0.3, 0.4) is 0 Å². The van der Waals surface area contributed by atoms with Crippen molar-refractivity contribution in [3.8, 4) is 0 Å². The Kier molecular flexibility index (Phi) is 220. The Morgan fingerprint density at radius 2 is 1.00 bits per heavy atom. The first-order valence-corrected chi connectivity index (χ1v) is 0. The van der Waals surface area contributed by atoms with Crippen LogP contribution in [0.25, 0.3) is 0 Å². The van der Waals surface area contributed by atoms with Crippen LogP contribution >= 0.6 is 9.90 Å². The minimum atomic E-state index is 0. The maximum atomic E-state index is 0. The summed E-state index contributed by atoms with van der Waals surface area (Å²) in [5, 5.41) is 0. The van der Waals surface area contributed by atoms with Gasteiger partial charge in [0.2, 0.25) is 0 Å². The largest absolute Gasteiger partial charge is 0 e. The van der Waals surface area contributed by atoms with Crippen molar-refractivity contribution in [2.45, 2.75) is 0 Å². The molecule has 0 bridgehead atoms. The van der Waals surface area contributed by atoms with Crippen LogP contribution in [0.2, 0.25) is 0 Å². The summed E-state index contributed by atoms with van der Waals surface area (Å²) in [5.41, 5.74) is 0. The molecule has 1 unspecified atom stereocenters. The van der Waals surface area contributed by atoms with Crippen LogP contribution in [0.15, 0.2) is 0 Å². The van der Waals surface area contributed by atoms with Crippen LogP contribution in [0.5, 0.6) is 0 Å². The predicted molar refractivity (Wildman–Crippen MR) is 42.3 cm³/mol. The summed E-state index contributed by atoms with van der Waals surface area (Å²) in [4.78, 5) is 0. The molecule has 0 spiro atoms. The van der Waals surface area contributed by atoms with Gasteiger partial charge in [0.05, 0.1) is 0 Å². The standard InChI is InChI=1S/Bi.Ce.GeH4.In.Nd.H3P.6H/h;;1H4;;;1H3;;;;;;. The van der Waals surface area contributed by atoms with Crippen LogP contribution in [0, 0.1) is 82.6 Å². The van der Waals surface area contributed by atoms with Gasteiger partial charge in [-0.3, -0.25) is 0 Å². The van der Waals surface area contributed by atoms with Crippen molar-refractivity contribution in [2.75, 3.05) is 0 Å². The van der Waals surface area contributed by atoms with E-state index in [0.717, 1.165) is 0 Å². The summed E-state index contributed by atoms with van der Waals surface area (Å²) in [6.07, 6.45) is 0. The molecule has 38 valence electrons. The molecule has 6 heteroatoms. The van der Waals surface area contributed by atoms with E-state index in [1.54, 1.807) is 0 Å². The molecule has 0 rings (SSSR count). The molecular weight excluding hydrogens is 712 g/mol. The fraction of sp³-hybridized carbons (Fsp3) is 0. The van der Waals surface area contributed by atoms with Crippen molar-refractivity contribution >= 4 is 79.5 Å². The van der Waals surface area contributed by atoms with Crippen molar-refractivity contribution in [3.05, 3.63) is 0 Å². The smallest absolute Gasteiger partial charge is 0 e. The second kappa shape index (κ2) is 31.4. The minimum Gasteiger partial charge on any atom is 0 e. The van der Waals surface area contributed by atoms with Crippen molar-refractivity contribution in [3.63, 3.8) is 0 Å². The first kappa shape index (κ1) is 42.1. The van der Waals surface area contributed by atoms with E-state index >= 15 is 0 Å². The molecular formula is H13BiCeGeInNdP. The average Bonchev–Trinajstić information content (AvgIpc) is 0. The summed E-state index contributed by atoms with van der Waals surface area (Å²) < 4.78 is 0. The van der Waals surface area contributed by atoms with Gasteiger partial charge in [-0.2, -0.15) is 9.90 Å². The van der Waals surface area contributed by atoms with Gasteiger partial charge >= 0.3 is 69.6 Å². The molecule has 6 heavy (non-hydrogen) atoms. The van der Waals surface area contributed by atoms with E-state index in [1.807, 2.05) is 0 Å². The van der Waals surface area contributed by atoms with E-state index < -0.39 is 0 Å². The Balaban J connectivity index is 0. The molecule has 0 saturated heterocycles. The molecule has 0 aromatic heterocycles. The number of hydrogen-bond acceptors (Lipinski definition) is 0. The fourth-order valence-electron chi connectivity index (χ4n) is 0. The van der Waals surface area contributed by atoms with Crippen LogP contribution in [-0.4, -0.2) is 69.6 Å². The minimum absolute atomic E-state index is 0. The molecule has 0 saturated carbocycles. The molecule has 1 atom stereocenters. The van der Waals surface area contributed by atoms with E-state index in [0.29, 0.717) is 0 Å². The molecule has 0 N–H and O–H groups in total. The van der Waals surface area contributed by atoms with Gasteiger partial charge in [-0.1, -0.05) is 0 Å². The van der Waals surface area contributed by atoms with Gasteiger partial charge in [-0.05, 0) is 0 Å². The summed E-state index contributed by atoms with van der Waals surface area (Å²) >= 11 is 0. The molecule has 0 aliphatic rings. The average molecular weight is 725 g/mol. The van der Waals surface area contributed by atoms with Crippen LogP contribution < -0.4 is 0 Å². The third-order valence-electron chi connectivity index (χ3n) is 0. The molecule has 0 aromatic carbocycles. The maximum absolute atomic E-state index is 0. The fourth-order valence-corrected chi connectivity index (χ4v) is 0. The summed E-state index contributed by atoms with van der Waals surface area (Å²) in [7, 11) is 0. The third kappa shape index (κ3) is 22.7. The summed E-state index contributed by atoms with van der Waals surface area (Å²) in [5.74, 6) is 0. The van der Waals surface area contributed by atoms with Crippen molar-refractivity contribution in [1.82, 2.24) is 0 Å². The van der Waals surface area contributed by atoms with Gasteiger partial charge in [0, 0.05) is 82.6 Å². The molecule has 0 amide bonds. The zero-order chi connectivity index (χ0) is 0. The Morgan fingerprint density at radius 1 is 1.00 bits per heavy atom. The first-order chi connectivity index (χ1) is 0. The third-order valence-corrected chi connectivity index (χ3v) is 0. The molecule has 0 nitrogen and oxygen atoms in total.